The van der Waals surface area contributed by atoms with Crippen LogP contribution in [0, 0.1) is 22.7 Å². The van der Waals surface area contributed by atoms with Gasteiger partial charge in [0.15, 0.2) is 0 Å². The van der Waals surface area contributed by atoms with Crippen molar-refractivity contribution >= 4 is 0 Å². The van der Waals surface area contributed by atoms with E-state index in [9.17, 15) is 0 Å². The first-order valence-corrected chi connectivity index (χ1v) is 7.21. The van der Waals surface area contributed by atoms with Crippen LogP contribution in [0.25, 0.3) is 0 Å². The zero-order chi connectivity index (χ0) is 12.7. The van der Waals surface area contributed by atoms with Crippen LogP contribution in [0.4, 0.5) is 0 Å². The number of nitriles is 1. The third-order valence-corrected chi connectivity index (χ3v) is 3.58. The molecule has 2 nitrogen and oxygen atoms in total. The lowest BCUT2D eigenvalue weighted by molar-refractivity contribution is 0.253. The van der Waals surface area contributed by atoms with Crippen molar-refractivity contribution < 1.29 is 0 Å². The van der Waals surface area contributed by atoms with Crippen molar-refractivity contribution in [2.75, 3.05) is 19.6 Å². The Morgan fingerprint density at radius 3 is 2.47 bits per heavy atom. The van der Waals surface area contributed by atoms with E-state index in [1.807, 2.05) is 13.8 Å². The van der Waals surface area contributed by atoms with Gasteiger partial charge in [0.05, 0.1) is 11.5 Å². The molecular formula is C15H28N2. The van der Waals surface area contributed by atoms with E-state index in [0.29, 0.717) is 0 Å². The maximum Gasteiger partial charge on any atom is 0.0683 e. The number of nitrogens with zero attached hydrogens (tertiary/aromatic N) is 2. The minimum absolute atomic E-state index is 0.133. The Hall–Kier alpha value is -0.550. The van der Waals surface area contributed by atoms with Gasteiger partial charge in [0.1, 0.15) is 0 Å². The fourth-order valence-corrected chi connectivity index (χ4v) is 2.23. The lowest BCUT2D eigenvalue weighted by Crippen LogP contribution is -2.28. The van der Waals surface area contributed by atoms with E-state index in [1.54, 1.807) is 0 Å². The van der Waals surface area contributed by atoms with Crippen LogP contribution in [0.5, 0.6) is 0 Å². The van der Waals surface area contributed by atoms with Gasteiger partial charge in [0.25, 0.3) is 0 Å². The standard InChI is InChI=1S/C15H28N2/c1-4-10-17(12-14-7-8-14)11-6-5-9-15(2,3)13-16/h14H,4-12H2,1-3H3. The molecule has 2 heteroatoms. The second-order valence-corrected chi connectivity index (χ2v) is 6.20. The minimum atomic E-state index is -0.133. The SMILES string of the molecule is CCCN(CCCCC(C)(C)C#N)CC1CC1. The molecule has 1 aliphatic carbocycles. The van der Waals surface area contributed by atoms with Crippen LogP contribution >= 0.6 is 0 Å². The largest absolute Gasteiger partial charge is 0.303 e. The van der Waals surface area contributed by atoms with Gasteiger partial charge in [-0.25, -0.2) is 0 Å². The molecule has 0 aromatic rings. The van der Waals surface area contributed by atoms with Crippen LogP contribution in [0.2, 0.25) is 0 Å². The van der Waals surface area contributed by atoms with Gasteiger partial charge in [0, 0.05) is 6.54 Å². The first-order chi connectivity index (χ1) is 8.07. The van der Waals surface area contributed by atoms with Gasteiger partial charge in [0.2, 0.25) is 0 Å². The maximum atomic E-state index is 8.95. The summed E-state index contributed by atoms with van der Waals surface area (Å²) in [4.78, 5) is 2.62. The average molecular weight is 236 g/mol. The summed E-state index contributed by atoms with van der Waals surface area (Å²) in [6, 6.07) is 2.38. The Kier molecular flexibility index (Phi) is 5.98. The molecule has 98 valence electrons. The summed E-state index contributed by atoms with van der Waals surface area (Å²) in [5.41, 5.74) is -0.133. The topological polar surface area (TPSA) is 27.0 Å². The lowest BCUT2D eigenvalue weighted by atomic mass is 9.89. The molecule has 1 fully saturated rings. The zero-order valence-electron chi connectivity index (χ0n) is 11.8. The van der Waals surface area contributed by atoms with Crippen molar-refractivity contribution in [3.05, 3.63) is 0 Å². The maximum absolute atomic E-state index is 8.95. The molecule has 0 unspecified atom stereocenters. The van der Waals surface area contributed by atoms with Crippen molar-refractivity contribution in [2.45, 2.75) is 59.3 Å². The van der Waals surface area contributed by atoms with E-state index in [4.69, 9.17) is 5.26 Å². The van der Waals surface area contributed by atoms with E-state index in [0.717, 1.165) is 12.3 Å². The van der Waals surface area contributed by atoms with Crippen LogP contribution < -0.4 is 0 Å². The van der Waals surface area contributed by atoms with Crippen LogP contribution in [0.1, 0.15) is 59.3 Å². The molecule has 0 spiro atoms. The van der Waals surface area contributed by atoms with Crippen molar-refractivity contribution in [1.29, 1.82) is 5.26 Å². The molecule has 0 aliphatic heterocycles. The Bertz CT molecular complexity index is 248. The quantitative estimate of drug-likeness (QED) is 0.569. The summed E-state index contributed by atoms with van der Waals surface area (Å²) in [6.07, 6.45) is 7.62. The summed E-state index contributed by atoms with van der Waals surface area (Å²) in [7, 11) is 0. The van der Waals surface area contributed by atoms with Crippen molar-refractivity contribution in [3.63, 3.8) is 0 Å². The second kappa shape index (κ2) is 7.01. The Labute approximate surface area is 107 Å². The highest BCUT2D eigenvalue weighted by Crippen LogP contribution is 2.30. The molecule has 1 aliphatic rings. The predicted molar refractivity (Wildman–Crippen MR) is 72.7 cm³/mol. The second-order valence-electron chi connectivity index (χ2n) is 6.20. The molecule has 0 amide bonds. The van der Waals surface area contributed by atoms with Gasteiger partial charge in [-0.05, 0) is 65.0 Å². The third-order valence-electron chi connectivity index (χ3n) is 3.58. The van der Waals surface area contributed by atoms with Gasteiger partial charge in [-0.2, -0.15) is 5.26 Å². The molecule has 0 bridgehead atoms. The van der Waals surface area contributed by atoms with Crippen LogP contribution in [-0.4, -0.2) is 24.5 Å². The van der Waals surface area contributed by atoms with Crippen molar-refractivity contribution in [3.8, 4) is 6.07 Å². The molecule has 17 heavy (non-hydrogen) atoms. The van der Waals surface area contributed by atoms with Crippen molar-refractivity contribution in [2.24, 2.45) is 11.3 Å². The van der Waals surface area contributed by atoms with Gasteiger partial charge in [-0.3, -0.25) is 0 Å². The van der Waals surface area contributed by atoms with Crippen LogP contribution in [0.15, 0.2) is 0 Å². The summed E-state index contributed by atoms with van der Waals surface area (Å²) >= 11 is 0. The first-order valence-electron chi connectivity index (χ1n) is 7.21. The van der Waals surface area contributed by atoms with E-state index >= 15 is 0 Å². The molecule has 0 atom stereocenters. The monoisotopic (exact) mass is 236 g/mol. The number of unbranched alkanes of at least 4 members (excludes halogenated alkanes) is 1. The highest BCUT2D eigenvalue weighted by molar-refractivity contribution is 4.91. The fraction of sp³-hybridized carbons (Fsp3) is 0.933. The number of rotatable bonds is 9. The predicted octanol–water partition coefficient (Wildman–Crippen LogP) is 3.83. The molecule has 1 saturated carbocycles. The molecule has 0 radical (unpaired) electrons. The number of hydrogen-bond donors (Lipinski definition) is 0. The third kappa shape index (κ3) is 6.68. The molecule has 1 rings (SSSR count). The van der Waals surface area contributed by atoms with Gasteiger partial charge in [-0.1, -0.05) is 13.3 Å². The molecule has 0 heterocycles. The van der Waals surface area contributed by atoms with E-state index in [-0.39, 0.29) is 5.41 Å². The molecular weight excluding hydrogens is 208 g/mol. The Morgan fingerprint density at radius 2 is 1.94 bits per heavy atom. The molecule has 0 aromatic carbocycles. The molecule has 0 saturated heterocycles. The average Bonchev–Trinajstić information content (AvgIpc) is 3.08. The van der Waals surface area contributed by atoms with E-state index in [1.165, 1.54) is 51.7 Å². The van der Waals surface area contributed by atoms with E-state index in [2.05, 4.69) is 17.9 Å². The van der Waals surface area contributed by atoms with Gasteiger partial charge < -0.3 is 4.90 Å². The van der Waals surface area contributed by atoms with Crippen LogP contribution in [0.3, 0.4) is 0 Å². The smallest absolute Gasteiger partial charge is 0.0683 e. The van der Waals surface area contributed by atoms with Crippen molar-refractivity contribution in [1.82, 2.24) is 4.90 Å². The Balaban J connectivity index is 2.11. The lowest BCUT2D eigenvalue weighted by Gasteiger charge is -2.22. The zero-order valence-corrected chi connectivity index (χ0v) is 11.8. The summed E-state index contributed by atoms with van der Waals surface area (Å²) in [5, 5.41) is 8.95. The van der Waals surface area contributed by atoms with Gasteiger partial charge in [-0.15, -0.1) is 0 Å². The fourth-order valence-electron chi connectivity index (χ4n) is 2.23. The number of hydrogen-bond acceptors (Lipinski definition) is 2. The van der Waals surface area contributed by atoms with Gasteiger partial charge >= 0.3 is 0 Å². The summed E-state index contributed by atoms with van der Waals surface area (Å²) < 4.78 is 0. The molecule has 0 aromatic heterocycles. The summed E-state index contributed by atoms with van der Waals surface area (Å²) in [5.74, 6) is 0.997. The Morgan fingerprint density at radius 1 is 1.24 bits per heavy atom. The minimum Gasteiger partial charge on any atom is -0.303 e. The van der Waals surface area contributed by atoms with E-state index < -0.39 is 0 Å². The molecule has 0 N–H and O–H groups in total. The highest BCUT2D eigenvalue weighted by atomic mass is 15.1. The van der Waals surface area contributed by atoms with Crippen LogP contribution in [-0.2, 0) is 0 Å². The summed E-state index contributed by atoms with van der Waals surface area (Å²) in [6.45, 7) is 10.1. The highest BCUT2D eigenvalue weighted by Gasteiger charge is 2.23. The normalized spacial score (nSPS) is 16.2. The first kappa shape index (κ1) is 14.5.